The minimum absolute atomic E-state index is 0.300. The minimum atomic E-state index is -0.689. The third-order valence-corrected chi connectivity index (χ3v) is 3.54. The zero-order valence-electron chi connectivity index (χ0n) is 15.2. The van der Waals surface area contributed by atoms with Gasteiger partial charge in [0.2, 0.25) is 0 Å². The summed E-state index contributed by atoms with van der Waals surface area (Å²) in [6, 6.07) is 0. The van der Waals surface area contributed by atoms with Crippen LogP contribution in [0, 0.1) is 0 Å². The molecule has 1 N–H and O–H groups in total. The third-order valence-electron chi connectivity index (χ3n) is 3.54. The molecule has 0 aromatic carbocycles. The molecule has 0 aliphatic rings. The Morgan fingerprint density at radius 1 is 0.667 bits per heavy atom. The second-order valence-corrected chi connectivity index (χ2v) is 5.85. The van der Waals surface area contributed by atoms with Gasteiger partial charge < -0.3 is 5.11 Å². The van der Waals surface area contributed by atoms with Crippen molar-refractivity contribution in [2.75, 3.05) is 0 Å². The summed E-state index contributed by atoms with van der Waals surface area (Å²) in [6.45, 7) is 2.22. The van der Waals surface area contributed by atoms with Crippen LogP contribution in [-0.2, 0) is 4.79 Å². The van der Waals surface area contributed by atoms with Gasteiger partial charge >= 0.3 is 5.97 Å². The average Bonchev–Trinajstić information content (AvgIpc) is 2.56. The van der Waals surface area contributed by atoms with E-state index >= 15 is 0 Å². The molecule has 0 spiro atoms. The van der Waals surface area contributed by atoms with Crippen LogP contribution in [0.25, 0.3) is 0 Å². The highest BCUT2D eigenvalue weighted by atomic mass is 16.4. The van der Waals surface area contributed by atoms with Gasteiger partial charge in [0.15, 0.2) is 0 Å². The zero-order valence-corrected chi connectivity index (χ0v) is 15.2. The lowest BCUT2D eigenvalue weighted by molar-refractivity contribution is -0.137. The van der Waals surface area contributed by atoms with E-state index in [9.17, 15) is 4.79 Å². The number of rotatable bonds is 15. The highest BCUT2D eigenvalue weighted by molar-refractivity contribution is 5.66. The number of carboxylic acid groups (broad SMARTS) is 1. The maximum absolute atomic E-state index is 10.3. The van der Waals surface area contributed by atoms with E-state index in [2.05, 4.69) is 37.3 Å². The van der Waals surface area contributed by atoms with Crippen molar-refractivity contribution in [3.63, 3.8) is 0 Å². The summed E-state index contributed by atoms with van der Waals surface area (Å²) in [6.07, 6.45) is 31.3. The first kappa shape index (κ1) is 22.2. The van der Waals surface area contributed by atoms with Crippen LogP contribution in [0.5, 0.6) is 0 Å². The van der Waals surface area contributed by atoms with Crippen molar-refractivity contribution in [1.29, 1.82) is 0 Å². The first-order valence-corrected chi connectivity index (χ1v) is 9.30. The molecule has 0 aromatic heterocycles. The zero-order chi connectivity index (χ0) is 17.7. The van der Waals surface area contributed by atoms with Crippen molar-refractivity contribution < 1.29 is 9.90 Å². The minimum Gasteiger partial charge on any atom is -0.481 e. The Kier molecular flexibility index (Phi) is 17.8. The van der Waals surface area contributed by atoms with Crippen molar-refractivity contribution in [2.24, 2.45) is 0 Å². The molecule has 0 fully saturated rings. The van der Waals surface area contributed by atoms with Gasteiger partial charge in [-0.2, -0.15) is 0 Å². The molecule has 2 nitrogen and oxygen atoms in total. The summed E-state index contributed by atoms with van der Waals surface area (Å²) in [4.78, 5) is 10.3. The molecule has 0 atom stereocenters. The Labute approximate surface area is 148 Å². The van der Waals surface area contributed by atoms with Crippen LogP contribution in [0.3, 0.4) is 0 Å². The van der Waals surface area contributed by atoms with E-state index in [1.54, 1.807) is 0 Å². The van der Waals surface area contributed by atoms with E-state index in [0.29, 0.717) is 6.42 Å². The van der Waals surface area contributed by atoms with Crippen molar-refractivity contribution in [1.82, 2.24) is 0 Å². The lowest BCUT2D eigenvalue weighted by Gasteiger charge is -1.96. The fourth-order valence-corrected chi connectivity index (χ4v) is 2.14. The summed E-state index contributed by atoms with van der Waals surface area (Å²) < 4.78 is 0. The number of aliphatic carboxylic acids is 1. The predicted molar refractivity (Wildman–Crippen MR) is 105 cm³/mol. The van der Waals surface area contributed by atoms with Crippen LogP contribution in [0.1, 0.15) is 71.1 Å². The molecular weight excluding hydrogens is 296 g/mol. The Bertz CT molecular complexity index is 425. The van der Waals surface area contributed by atoms with E-state index in [-0.39, 0.29) is 0 Å². The summed E-state index contributed by atoms with van der Waals surface area (Å²) in [5.41, 5.74) is 0. The molecule has 0 rings (SSSR count). The highest BCUT2D eigenvalue weighted by Gasteiger charge is 1.95. The first-order valence-electron chi connectivity index (χ1n) is 9.30. The summed E-state index contributed by atoms with van der Waals surface area (Å²) in [5.74, 6) is -0.689. The van der Waals surface area contributed by atoms with Gasteiger partial charge in [0.1, 0.15) is 0 Å². The standard InChI is InChI=1S/C22H34O2/c1-2-3-4-5-6-7-8-9-10-11-12-13-14-15-16-17-18-19-20-21-22(23)24/h6-15H,2-5,16-21H2,1H3,(H,23,24)/b7-6+,9-8+,11-10+,13-12+,15-14-. The molecular formula is C22H34O2. The Morgan fingerprint density at radius 2 is 1.12 bits per heavy atom. The summed E-state index contributed by atoms with van der Waals surface area (Å²) in [7, 11) is 0. The maximum atomic E-state index is 10.3. The van der Waals surface area contributed by atoms with Gasteiger partial charge in [-0.1, -0.05) is 93.4 Å². The third kappa shape index (κ3) is 20.2. The van der Waals surface area contributed by atoms with Crippen LogP contribution in [0.15, 0.2) is 60.8 Å². The van der Waals surface area contributed by atoms with Gasteiger partial charge in [-0.15, -0.1) is 0 Å². The number of unbranched alkanes of at least 4 members (excludes halogenated alkanes) is 7. The molecule has 0 bridgehead atoms. The first-order chi connectivity index (χ1) is 11.8. The summed E-state index contributed by atoms with van der Waals surface area (Å²) >= 11 is 0. The fraction of sp³-hybridized carbons (Fsp3) is 0.500. The van der Waals surface area contributed by atoms with Crippen molar-refractivity contribution in [3.8, 4) is 0 Å². The van der Waals surface area contributed by atoms with E-state index in [1.165, 1.54) is 25.7 Å². The van der Waals surface area contributed by atoms with Crippen molar-refractivity contribution in [3.05, 3.63) is 60.8 Å². The number of carbonyl (C=O) groups is 1. The molecule has 0 unspecified atom stereocenters. The van der Waals surface area contributed by atoms with Gasteiger partial charge in [0.05, 0.1) is 0 Å². The van der Waals surface area contributed by atoms with E-state index < -0.39 is 5.97 Å². The number of hydrogen-bond donors (Lipinski definition) is 1. The largest absolute Gasteiger partial charge is 0.481 e. The molecule has 0 saturated carbocycles. The van der Waals surface area contributed by atoms with E-state index in [1.807, 2.05) is 30.4 Å². The molecule has 0 aliphatic carbocycles. The second-order valence-electron chi connectivity index (χ2n) is 5.85. The molecule has 134 valence electrons. The van der Waals surface area contributed by atoms with Gasteiger partial charge in [0.25, 0.3) is 0 Å². The molecule has 0 amide bonds. The topological polar surface area (TPSA) is 37.3 Å². The fourth-order valence-electron chi connectivity index (χ4n) is 2.14. The van der Waals surface area contributed by atoms with Crippen molar-refractivity contribution >= 4 is 5.97 Å². The Balaban J connectivity index is 3.51. The van der Waals surface area contributed by atoms with Gasteiger partial charge in [-0.05, 0) is 32.1 Å². The van der Waals surface area contributed by atoms with Gasteiger partial charge in [0, 0.05) is 6.42 Å². The number of carboxylic acids is 1. The van der Waals surface area contributed by atoms with E-state index in [0.717, 1.165) is 32.1 Å². The predicted octanol–water partition coefficient (Wildman–Crippen LogP) is 6.77. The summed E-state index contributed by atoms with van der Waals surface area (Å²) in [5, 5.41) is 8.53. The number of allylic oxidation sites excluding steroid dienone is 10. The SMILES string of the molecule is CCCCC/C=C/C=C/C=C/C=C/C=C\CCCCCCC(=O)O. The maximum Gasteiger partial charge on any atom is 0.303 e. The molecule has 0 aromatic rings. The van der Waals surface area contributed by atoms with E-state index in [4.69, 9.17) is 5.11 Å². The highest BCUT2D eigenvalue weighted by Crippen LogP contribution is 2.05. The Morgan fingerprint density at radius 3 is 1.62 bits per heavy atom. The van der Waals surface area contributed by atoms with Crippen LogP contribution < -0.4 is 0 Å². The molecule has 2 heteroatoms. The molecule has 0 radical (unpaired) electrons. The smallest absolute Gasteiger partial charge is 0.303 e. The van der Waals surface area contributed by atoms with Crippen LogP contribution >= 0.6 is 0 Å². The van der Waals surface area contributed by atoms with Crippen LogP contribution in [0.4, 0.5) is 0 Å². The number of hydrogen-bond acceptors (Lipinski definition) is 1. The van der Waals surface area contributed by atoms with Crippen LogP contribution in [0.2, 0.25) is 0 Å². The molecule has 0 saturated heterocycles. The normalized spacial score (nSPS) is 12.7. The lowest BCUT2D eigenvalue weighted by atomic mass is 10.1. The molecule has 0 aliphatic heterocycles. The average molecular weight is 331 g/mol. The Hall–Kier alpha value is -1.83. The van der Waals surface area contributed by atoms with Crippen molar-refractivity contribution in [2.45, 2.75) is 71.1 Å². The molecule has 24 heavy (non-hydrogen) atoms. The monoisotopic (exact) mass is 330 g/mol. The second kappa shape index (κ2) is 19.2. The lowest BCUT2D eigenvalue weighted by Crippen LogP contribution is -1.93. The van der Waals surface area contributed by atoms with Gasteiger partial charge in [-0.3, -0.25) is 4.79 Å². The molecule has 0 heterocycles. The van der Waals surface area contributed by atoms with Crippen LogP contribution in [-0.4, -0.2) is 11.1 Å². The van der Waals surface area contributed by atoms with Gasteiger partial charge in [-0.25, -0.2) is 0 Å². The quantitative estimate of drug-likeness (QED) is 0.265.